The Balaban J connectivity index is 1.41. The lowest BCUT2D eigenvalue weighted by molar-refractivity contribution is 0.0383. The SMILES string of the molecule is CCc1ccc(C(=O)NCC2OCCc3cn(Cc4ccccc4)nc32)cc1. The van der Waals surface area contributed by atoms with Gasteiger partial charge in [0, 0.05) is 18.3 Å². The van der Waals surface area contributed by atoms with Gasteiger partial charge in [-0.05, 0) is 41.7 Å². The second kappa shape index (κ2) is 8.40. The summed E-state index contributed by atoms with van der Waals surface area (Å²) < 4.78 is 7.87. The van der Waals surface area contributed by atoms with Crippen LogP contribution in [-0.2, 0) is 24.1 Å². The highest BCUT2D eigenvalue weighted by Gasteiger charge is 2.25. The van der Waals surface area contributed by atoms with E-state index >= 15 is 0 Å². The number of hydrogen-bond donors (Lipinski definition) is 1. The van der Waals surface area contributed by atoms with Crippen molar-refractivity contribution in [3.8, 4) is 0 Å². The number of aryl methyl sites for hydroxylation is 1. The number of nitrogens with one attached hydrogen (secondary N) is 1. The molecule has 1 aromatic heterocycles. The van der Waals surface area contributed by atoms with Gasteiger partial charge in [-0.1, -0.05) is 49.4 Å². The van der Waals surface area contributed by atoms with Gasteiger partial charge in [0.15, 0.2) is 0 Å². The Labute approximate surface area is 165 Å². The van der Waals surface area contributed by atoms with Gasteiger partial charge in [0.1, 0.15) is 6.10 Å². The molecular weight excluding hydrogens is 350 g/mol. The van der Waals surface area contributed by atoms with Crippen LogP contribution in [0.25, 0.3) is 0 Å². The first-order valence-corrected chi connectivity index (χ1v) is 9.82. The van der Waals surface area contributed by atoms with Gasteiger partial charge in [-0.2, -0.15) is 5.10 Å². The largest absolute Gasteiger partial charge is 0.370 e. The lowest BCUT2D eigenvalue weighted by Gasteiger charge is -2.22. The summed E-state index contributed by atoms with van der Waals surface area (Å²) in [7, 11) is 0. The van der Waals surface area contributed by atoms with Gasteiger partial charge in [-0.25, -0.2) is 0 Å². The molecule has 0 saturated carbocycles. The standard InChI is InChI=1S/C23H25N3O2/c1-2-17-8-10-19(11-9-17)23(27)24-14-21-22-20(12-13-28-21)16-26(25-22)15-18-6-4-3-5-7-18/h3-11,16,21H,2,12-15H2,1H3,(H,24,27). The third-order valence-corrected chi connectivity index (χ3v) is 5.13. The molecule has 0 spiro atoms. The van der Waals surface area contributed by atoms with Gasteiger partial charge in [0.25, 0.3) is 5.91 Å². The summed E-state index contributed by atoms with van der Waals surface area (Å²) in [6.45, 7) is 3.90. The fourth-order valence-electron chi connectivity index (χ4n) is 3.52. The van der Waals surface area contributed by atoms with Crippen LogP contribution in [0.4, 0.5) is 0 Å². The zero-order valence-electron chi connectivity index (χ0n) is 16.1. The molecule has 0 fully saturated rings. The van der Waals surface area contributed by atoms with E-state index in [1.807, 2.05) is 47.1 Å². The van der Waals surface area contributed by atoms with Crippen LogP contribution in [-0.4, -0.2) is 28.8 Å². The van der Waals surface area contributed by atoms with Crippen molar-refractivity contribution in [2.75, 3.05) is 13.2 Å². The molecule has 3 aromatic rings. The summed E-state index contributed by atoms with van der Waals surface area (Å²) in [5, 5.41) is 7.73. The third-order valence-electron chi connectivity index (χ3n) is 5.13. The first kappa shape index (κ1) is 18.4. The van der Waals surface area contributed by atoms with E-state index in [0.717, 1.165) is 25.1 Å². The maximum absolute atomic E-state index is 12.5. The number of nitrogens with zero attached hydrogens (tertiary/aromatic N) is 2. The number of hydrogen-bond acceptors (Lipinski definition) is 3. The Morgan fingerprint density at radius 1 is 1.14 bits per heavy atom. The molecule has 0 saturated heterocycles. The Kier molecular flexibility index (Phi) is 5.53. The van der Waals surface area contributed by atoms with Gasteiger partial charge in [-0.3, -0.25) is 9.48 Å². The number of aromatic nitrogens is 2. The monoisotopic (exact) mass is 375 g/mol. The Morgan fingerprint density at radius 2 is 1.93 bits per heavy atom. The maximum atomic E-state index is 12.5. The number of fused-ring (bicyclic) bond motifs is 1. The first-order valence-electron chi connectivity index (χ1n) is 9.82. The van der Waals surface area contributed by atoms with Crippen LogP contribution in [0.3, 0.4) is 0 Å². The zero-order valence-corrected chi connectivity index (χ0v) is 16.1. The molecule has 0 bridgehead atoms. The molecule has 0 aliphatic carbocycles. The van der Waals surface area contributed by atoms with Crippen molar-refractivity contribution >= 4 is 5.91 Å². The summed E-state index contributed by atoms with van der Waals surface area (Å²) in [4.78, 5) is 12.5. The Bertz CT molecular complexity index is 932. The topological polar surface area (TPSA) is 56.1 Å². The van der Waals surface area contributed by atoms with Crippen molar-refractivity contribution in [3.05, 3.63) is 88.7 Å². The van der Waals surface area contributed by atoms with E-state index in [-0.39, 0.29) is 12.0 Å². The van der Waals surface area contributed by atoms with Crippen LogP contribution in [0.1, 0.15) is 45.8 Å². The molecule has 144 valence electrons. The molecule has 2 heterocycles. The van der Waals surface area contributed by atoms with E-state index in [9.17, 15) is 4.79 Å². The molecule has 1 atom stereocenters. The number of carbonyl (C=O) groups is 1. The molecule has 28 heavy (non-hydrogen) atoms. The predicted molar refractivity (Wildman–Crippen MR) is 108 cm³/mol. The lowest BCUT2D eigenvalue weighted by Crippen LogP contribution is -2.31. The maximum Gasteiger partial charge on any atom is 0.251 e. The summed E-state index contributed by atoms with van der Waals surface area (Å²) >= 11 is 0. The van der Waals surface area contributed by atoms with E-state index < -0.39 is 0 Å². The summed E-state index contributed by atoms with van der Waals surface area (Å²) in [5.41, 5.74) is 5.24. The van der Waals surface area contributed by atoms with Crippen LogP contribution < -0.4 is 5.32 Å². The van der Waals surface area contributed by atoms with E-state index in [2.05, 4.69) is 30.6 Å². The highest BCUT2D eigenvalue weighted by Crippen LogP contribution is 2.25. The molecule has 4 rings (SSSR count). The van der Waals surface area contributed by atoms with Crippen molar-refractivity contribution in [2.45, 2.75) is 32.4 Å². The van der Waals surface area contributed by atoms with Gasteiger partial charge >= 0.3 is 0 Å². The first-order chi connectivity index (χ1) is 13.7. The normalized spacial score (nSPS) is 15.8. The Morgan fingerprint density at radius 3 is 2.68 bits per heavy atom. The molecule has 5 nitrogen and oxygen atoms in total. The smallest absolute Gasteiger partial charge is 0.251 e. The number of ether oxygens (including phenoxy) is 1. The number of benzene rings is 2. The van der Waals surface area contributed by atoms with Crippen LogP contribution in [0.2, 0.25) is 0 Å². The van der Waals surface area contributed by atoms with Crippen LogP contribution in [0.15, 0.2) is 60.8 Å². The highest BCUT2D eigenvalue weighted by atomic mass is 16.5. The number of rotatable bonds is 6. The van der Waals surface area contributed by atoms with Crippen molar-refractivity contribution in [1.82, 2.24) is 15.1 Å². The van der Waals surface area contributed by atoms with E-state index in [1.165, 1.54) is 16.7 Å². The molecule has 1 unspecified atom stereocenters. The molecule has 1 aliphatic heterocycles. The highest BCUT2D eigenvalue weighted by molar-refractivity contribution is 5.94. The molecule has 5 heteroatoms. The minimum Gasteiger partial charge on any atom is -0.370 e. The van der Waals surface area contributed by atoms with Gasteiger partial charge < -0.3 is 10.1 Å². The summed E-state index contributed by atoms with van der Waals surface area (Å²) in [5.74, 6) is -0.0814. The third kappa shape index (κ3) is 4.15. The molecule has 1 amide bonds. The average Bonchev–Trinajstić information content (AvgIpc) is 3.15. The average molecular weight is 375 g/mol. The van der Waals surface area contributed by atoms with Crippen molar-refractivity contribution < 1.29 is 9.53 Å². The minimum absolute atomic E-state index is 0.0814. The molecule has 2 aromatic carbocycles. The van der Waals surface area contributed by atoms with Crippen molar-refractivity contribution in [2.24, 2.45) is 0 Å². The van der Waals surface area contributed by atoms with Gasteiger partial charge in [0.2, 0.25) is 0 Å². The summed E-state index contributed by atoms with van der Waals surface area (Å²) in [6.07, 6.45) is 3.71. The quantitative estimate of drug-likeness (QED) is 0.717. The van der Waals surface area contributed by atoms with Gasteiger partial charge in [0.05, 0.1) is 18.8 Å². The molecule has 0 radical (unpaired) electrons. The fourth-order valence-corrected chi connectivity index (χ4v) is 3.52. The molecular formula is C23H25N3O2. The van der Waals surface area contributed by atoms with E-state index in [1.54, 1.807) is 0 Å². The van der Waals surface area contributed by atoms with E-state index in [0.29, 0.717) is 18.7 Å². The zero-order chi connectivity index (χ0) is 19.3. The Hall–Kier alpha value is -2.92. The fraction of sp³-hybridized carbons (Fsp3) is 0.304. The van der Waals surface area contributed by atoms with Crippen molar-refractivity contribution in [3.63, 3.8) is 0 Å². The number of amides is 1. The second-order valence-electron chi connectivity index (χ2n) is 7.09. The van der Waals surface area contributed by atoms with Crippen molar-refractivity contribution in [1.29, 1.82) is 0 Å². The van der Waals surface area contributed by atoms with Gasteiger partial charge in [-0.15, -0.1) is 0 Å². The lowest BCUT2D eigenvalue weighted by atomic mass is 10.1. The van der Waals surface area contributed by atoms with Crippen LogP contribution >= 0.6 is 0 Å². The molecule has 1 N–H and O–H groups in total. The minimum atomic E-state index is -0.209. The van der Waals surface area contributed by atoms with Crippen LogP contribution in [0, 0.1) is 0 Å². The second-order valence-corrected chi connectivity index (χ2v) is 7.09. The molecule has 1 aliphatic rings. The summed E-state index contributed by atoms with van der Waals surface area (Å²) in [6, 6.07) is 18.0. The van der Waals surface area contributed by atoms with Crippen LogP contribution in [0.5, 0.6) is 0 Å². The van der Waals surface area contributed by atoms with E-state index in [4.69, 9.17) is 9.84 Å². The number of carbonyl (C=O) groups excluding carboxylic acids is 1. The predicted octanol–water partition coefficient (Wildman–Crippen LogP) is 3.54.